The van der Waals surface area contributed by atoms with Crippen LogP contribution in [0.1, 0.15) is 29.3 Å². The Kier molecular flexibility index (Phi) is 5.30. The predicted octanol–water partition coefficient (Wildman–Crippen LogP) is 3.73. The van der Waals surface area contributed by atoms with Gasteiger partial charge in [0.1, 0.15) is 0 Å². The highest BCUT2D eigenvalue weighted by Crippen LogP contribution is 2.31. The number of nitrogens with one attached hydrogen (secondary N) is 1. The number of nitrogens with zero attached hydrogens (tertiary/aromatic N) is 2. The van der Waals surface area contributed by atoms with Gasteiger partial charge < -0.3 is 5.32 Å². The molecule has 104 valence electrons. The molecule has 0 atom stereocenters. The van der Waals surface area contributed by atoms with E-state index in [2.05, 4.69) is 16.8 Å². The Hall–Kier alpha value is -1.22. The van der Waals surface area contributed by atoms with E-state index >= 15 is 0 Å². The average molecular weight is 350 g/mol. The summed E-state index contributed by atoms with van der Waals surface area (Å²) in [7, 11) is 0. The first-order valence-corrected chi connectivity index (χ1v) is 7.41. The van der Waals surface area contributed by atoms with Gasteiger partial charge in [0, 0.05) is 16.9 Å². The normalized spacial score (nSPS) is 15.3. The van der Waals surface area contributed by atoms with Crippen molar-refractivity contribution in [2.24, 2.45) is 0 Å². The SMILES string of the molecule is Br.N#Cc1cccc(-c2csc(C3CCNCC3)n2)c1. The van der Waals surface area contributed by atoms with Gasteiger partial charge in [-0.2, -0.15) is 5.26 Å². The van der Waals surface area contributed by atoms with Crippen LogP contribution in [0.3, 0.4) is 0 Å². The predicted molar refractivity (Wildman–Crippen MR) is 87.4 cm³/mol. The smallest absolute Gasteiger partial charge is 0.0991 e. The van der Waals surface area contributed by atoms with Crippen LogP contribution in [0.2, 0.25) is 0 Å². The number of thiazole rings is 1. The molecule has 0 amide bonds. The van der Waals surface area contributed by atoms with Crippen LogP contribution in [0.15, 0.2) is 29.6 Å². The second-order valence-electron chi connectivity index (χ2n) is 4.79. The Balaban J connectivity index is 0.00000147. The third-order valence-electron chi connectivity index (χ3n) is 3.50. The van der Waals surface area contributed by atoms with Gasteiger partial charge in [-0.3, -0.25) is 0 Å². The first-order valence-electron chi connectivity index (χ1n) is 6.53. The zero-order chi connectivity index (χ0) is 13.1. The van der Waals surface area contributed by atoms with Crippen LogP contribution in [0.4, 0.5) is 0 Å². The van der Waals surface area contributed by atoms with Crippen molar-refractivity contribution >= 4 is 28.3 Å². The highest BCUT2D eigenvalue weighted by molar-refractivity contribution is 8.93. The highest BCUT2D eigenvalue weighted by atomic mass is 79.9. The Morgan fingerprint density at radius 2 is 2.10 bits per heavy atom. The minimum atomic E-state index is 0. The van der Waals surface area contributed by atoms with E-state index < -0.39 is 0 Å². The molecule has 3 rings (SSSR count). The van der Waals surface area contributed by atoms with Crippen LogP contribution in [-0.2, 0) is 0 Å². The molecule has 0 saturated carbocycles. The van der Waals surface area contributed by atoms with Crippen LogP contribution in [0.5, 0.6) is 0 Å². The summed E-state index contributed by atoms with van der Waals surface area (Å²) < 4.78 is 0. The number of rotatable bonds is 2. The lowest BCUT2D eigenvalue weighted by atomic mass is 9.99. The lowest BCUT2D eigenvalue weighted by molar-refractivity contribution is 0.459. The molecule has 1 N–H and O–H groups in total. The molecule has 0 bridgehead atoms. The topological polar surface area (TPSA) is 48.7 Å². The number of piperidine rings is 1. The number of hydrogen-bond acceptors (Lipinski definition) is 4. The molecule has 1 aliphatic heterocycles. The number of benzene rings is 1. The van der Waals surface area contributed by atoms with E-state index in [0.29, 0.717) is 11.5 Å². The molecule has 0 aliphatic carbocycles. The summed E-state index contributed by atoms with van der Waals surface area (Å²) in [4.78, 5) is 4.76. The molecule has 0 spiro atoms. The van der Waals surface area contributed by atoms with E-state index in [1.54, 1.807) is 11.3 Å². The maximum Gasteiger partial charge on any atom is 0.0991 e. The second-order valence-corrected chi connectivity index (χ2v) is 5.68. The zero-order valence-corrected chi connectivity index (χ0v) is 13.5. The molecule has 0 unspecified atom stereocenters. The van der Waals surface area contributed by atoms with Crippen molar-refractivity contribution < 1.29 is 0 Å². The second kappa shape index (κ2) is 6.98. The van der Waals surface area contributed by atoms with Crippen LogP contribution < -0.4 is 5.32 Å². The molecular weight excluding hydrogens is 334 g/mol. The molecule has 20 heavy (non-hydrogen) atoms. The monoisotopic (exact) mass is 349 g/mol. The molecule has 5 heteroatoms. The first-order chi connectivity index (χ1) is 9.36. The summed E-state index contributed by atoms with van der Waals surface area (Å²) in [6.45, 7) is 2.17. The van der Waals surface area contributed by atoms with Crippen LogP contribution in [0.25, 0.3) is 11.3 Å². The summed E-state index contributed by atoms with van der Waals surface area (Å²) in [6, 6.07) is 9.83. The van der Waals surface area contributed by atoms with Gasteiger partial charge in [0.15, 0.2) is 0 Å². The summed E-state index contributed by atoms with van der Waals surface area (Å²) in [6.07, 6.45) is 2.34. The molecule has 1 fully saturated rings. The summed E-state index contributed by atoms with van der Waals surface area (Å²) in [5, 5.41) is 15.7. The van der Waals surface area contributed by atoms with E-state index in [4.69, 9.17) is 10.2 Å². The van der Waals surface area contributed by atoms with E-state index in [-0.39, 0.29) is 17.0 Å². The van der Waals surface area contributed by atoms with Gasteiger partial charge in [0.05, 0.1) is 22.3 Å². The molecular formula is C15H16BrN3S. The van der Waals surface area contributed by atoms with Crippen molar-refractivity contribution in [1.82, 2.24) is 10.3 Å². The van der Waals surface area contributed by atoms with Gasteiger partial charge in [-0.1, -0.05) is 12.1 Å². The van der Waals surface area contributed by atoms with Crippen LogP contribution >= 0.6 is 28.3 Å². The van der Waals surface area contributed by atoms with Crippen molar-refractivity contribution in [2.75, 3.05) is 13.1 Å². The fraction of sp³-hybridized carbons (Fsp3) is 0.333. The fourth-order valence-electron chi connectivity index (χ4n) is 2.42. The minimum Gasteiger partial charge on any atom is -0.317 e. The van der Waals surface area contributed by atoms with Crippen molar-refractivity contribution in [1.29, 1.82) is 5.26 Å². The van der Waals surface area contributed by atoms with Gasteiger partial charge >= 0.3 is 0 Å². The molecule has 1 aromatic heterocycles. The van der Waals surface area contributed by atoms with Gasteiger partial charge in [-0.05, 0) is 38.1 Å². The number of hydrogen-bond donors (Lipinski definition) is 1. The van der Waals surface area contributed by atoms with E-state index in [9.17, 15) is 0 Å². The molecule has 0 radical (unpaired) electrons. The van der Waals surface area contributed by atoms with Gasteiger partial charge in [-0.25, -0.2) is 4.98 Å². The zero-order valence-electron chi connectivity index (χ0n) is 11.0. The Labute approximate surface area is 133 Å². The molecule has 1 aliphatic rings. The Morgan fingerprint density at radius 1 is 1.30 bits per heavy atom. The third kappa shape index (κ3) is 3.26. The van der Waals surface area contributed by atoms with Crippen molar-refractivity contribution in [2.45, 2.75) is 18.8 Å². The number of nitriles is 1. The third-order valence-corrected chi connectivity index (χ3v) is 4.50. The molecule has 1 aromatic carbocycles. The van der Waals surface area contributed by atoms with Crippen molar-refractivity contribution in [3.63, 3.8) is 0 Å². The van der Waals surface area contributed by atoms with E-state index in [1.165, 1.54) is 17.8 Å². The van der Waals surface area contributed by atoms with Gasteiger partial charge in [0.25, 0.3) is 0 Å². The standard InChI is InChI=1S/C15H15N3S.BrH/c16-9-11-2-1-3-13(8-11)14-10-19-15(18-14)12-4-6-17-7-5-12;/h1-3,8,10,12,17H,4-7H2;1H. The van der Waals surface area contributed by atoms with Crippen molar-refractivity contribution in [3.05, 3.63) is 40.2 Å². The minimum absolute atomic E-state index is 0. The summed E-state index contributed by atoms with van der Waals surface area (Å²) in [5.74, 6) is 0.596. The van der Waals surface area contributed by atoms with Crippen molar-refractivity contribution in [3.8, 4) is 17.3 Å². The Morgan fingerprint density at radius 3 is 2.85 bits per heavy atom. The van der Waals surface area contributed by atoms with Crippen LogP contribution in [-0.4, -0.2) is 18.1 Å². The largest absolute Gasteiger partial charge is 0.317 e. The maximum atomic E-state index is 8.94. The number of halogens is 1. The Bertz CT molecular complexity index is 612. The summed E-state index contributed by atoms with van der Waals surface area (Å²) in [5.41, 5.74) is 2.72. The van der Waals surface area contributed by atoms with Gasteiger partial charge in [-0.15, -0.1) is 28.3 Å². The lowest BCUT2D eigenvalue weighted by Gasteiger charge is -2.20. The average Bonchev–Trinajstić information content (AvgIpc) is 2.98. The first kappa shape index (κ1) is 15.2. The molecule has 3 nitrogen and oxygen atoms in total. The lowest BCUT2D eigenvalue weighted by Crippen LogP contribution is -2.26. The molecule has 1 saturated heterocycles. The summed E-state index contributed by atoms with van der Waals surface area (Å²) >= 11 is 1.74. The maximum absolute atomic E-state index is 8.94. The highest BCUT2D eigenvalue weighted by Gasteiger charge is 2.18. The van der Waals surface area contributed by atoms with Crippen LogP contribution in [0, 0.1) is 11.3 Å². The molecule has 2 heterocycles. The van der Waals surface area contributed by atoms with Gasteiger partial charge in [0.2, 0.25) is 0 Å². The number of aromatic nitrogens is 1. The fourth-order valence-corrected chi connectivity index (χ4v) is 3.43. The van der Waals surface area contributed by atoms with E-state index in [0.717, 1.165) is 24.3 Å². The van der Waals surface area contributed by atoms with E-state index in [1.807, 2.05) is 24.3 Å². The molecule has 2 aromatic rings. The quantitative estimate of drug-likeness (QED) is 0.898.